The van der Waals surface area contributed by atoms with Gasteiger partial charge in [-0.25, -0.2) is 0 Å². The first-order valence-corrected chi connectivity index (χ1v) is 7.08. The summed E-state index contributed by atoms with van der Waals surface area (Å²) >= 11 is 0. The molecule has 2 rings (SSSR count). The van der Waals surface area contributed by atoms with Crippen molar-refractivity contribution in [2.75, 3.05) is 6.54 Å². The van der Waals surface area contributed by atoms with E-state index in [1.165, 1.54) is 49.8 Å². The molecule has 94 valence electrons. The van der Waals surface area contributed by atoms with E-state index in [9.17, 15) is 0 Å². The van der Waals surface area contributed by atoms with Gasteiger partial charge in [0.15, 0.2) is 0 Å². The average molecular weight is 231 g/mol. The molecule has 0 aromatic heterocycles. The summed E-state index contributed by atoms with van der Waals surface area (Å²) in [6.07, 6.45) is 6.64. The number of hydrogen-bond acceptors (Lipinski definition) is 1. The highest BCUT2D eigenvalue weighted by Gasteiger charge is 2.12. The van der Waals surface area contributed by atoms with Crippen LogP contribution in [0.1, 0.15) is 56.6 Å². The van der Waals surface area contributed by atoms with Crippen molar-refractivity contribution in [1.82, 2.24) is 5.32 Å². The van der Waals surface area contributed by atoms with E-state index in [0.29, 0.717) is 5.92 Å². The summed E-state index contributed by atoms with van der Waals surface area (Å²) in [5.41, 5.74) is 2.94. The van der Waals surface area contributed by atoms with Crippen molar-refractivity contribution in [1.29, 1.82) is 0 Å². The van der Waals surface area contributed by atoms with Crippen molar-refractivity contribution in [3.8, 4) is 0 Å². The first-order chi connectivity index (χ1) is 8.25. The van der Waals surface area contributed by atoms with E-state index in [0.717, 1.165) is 6.04 Å². The molecule has 0 radical (unpaired) electrons. The Hall–Kier alpha value is -0.820. The summed E-state index contributed by atoms with van der Waals surface area (Å²) in [4.78, 5) is 0. The van der Waals surface area contributed by atoms with Crippen LogP contribution >= 0.6 is 0 Å². The van der Waals surface area contributed by atoms with Gasteiger partial charge in [0.05, 0.1) is 0 Å². The van der Waals surface area contributed by atoms with Crippen molar-refractivity contribution in [3.63, 3.8) is 0 Å². The Bertz CT molecular complexity index is 320. The molecule has 0 aliphatic carbocycles. The second-order valence-corrected chi connectivity index (χ2v) is 5.58. The van der Waals surface area contributed by atoms with Crippen LogP contribution < -0.4 is 5.32 Å². The highest BCUT2D eigenvalue weighted by atomic mass is 14.9. The van der Waals surface area contributed by atoms with E-state index in [2.05, 4.69) is 43.4 Å². The van der Waals surface area contributed by atoms with Crippen LogP contribution in [-0.4, -0.2) is 12.6 Å². The lowest BCUT2D eigenvalue weighted by atomic mass is 9.99. The zero-order valence-electron chi connectivity index (χ0n) is 11.2. The normalized spacial score (nSPS) is 20.1. The first-order valence-electron chi connectivity index (χ1n) is 7.08. The molecule has 1 aliphatic rings. The van der Waals surface area contributed by atoms with Crippen LogP contribution in [0.25, 0.3) is 0 Å². The Morgan fingerprint density at radius 1 is 1.24 bits per heavy atom. The second-order valence-electron chi connectivity index (χ2n) is 5.58. The monoisotopic (exact) mass is 231 g/mol. The van der Waals surface area contributed by atoms with E-state index in [1.54, 1.807) is 0 Å². The average Bonchev–Trinajstić information content (AvgIpc) is 2.83. The number of nitrogens with one attached hydrogen (secondary N) is 1. The van der Waals surface area contributed by atoms with E-state index in [1.807, 2.05) is 0 Å². The van der Waals surface area contributed by atoms with Crippen molar-refractivity contribution >= 4 is 0 Å². The van der Waals surface area contributed by atoms with E-state index in [-0.39, 0.29) is 0 Å². The topological polar surface area (TPSA) is 12.0 Å². The van der Waals surface area contributed by atoms with Crippen molar-refractivity contribution in [3.05, 3.63) is 35.4 Å². The molecule has 1 N–H and O–H groups in total. The van der Waals surface area contributed by atoms with Crippen LogP contribution in [0, 0.1) is 0 Å². The molecule has 0 bridgehead atoms. The molecule has 1 nitrogen and oxygen atoms in total. The number of hydrogen-bond donors (Lipinski definition) is 1. The van der Waals surface area contributed by atoms with Gasteiger partial charge >= 0.3 is 0 Å². The predicted octanol–water partition coefficient (Wildman–Crippen LogP) is 3.88. The lowest BCUT2D eigenvalue weighted by Crippen LogP contribution is -2.20. The van der Waals surface area contributed by atoms with Gasteiger partial charge in [-0.1, -0.05) is 38.1 Å². The minimum absolute atomic E-state index is 0.645. The van der Waals surface area contributed by atoms with E-state index in [4.69, 9.17) is 0 Å². The highest BCUT2D eigenvalue weighted by molar-refractivity contribution is 5.24. The number of benzene rings is 1. The lowest BCUT2D eigenvalue weighted by molar-refractivity contribution is 0.536. The molecule has 1 heteroatoms. The molecule has 1 atom stereocenters. The van der Waals surface area contributed by atoms with Gasteiger partial charge in [-0.15, -0.1) is 0 Å². The summed E-state index contributed by atoms with van der Waals surface area (Å²) in [5, 5.41) is 3.57. The molecule has 1 aliphatic heterocycles. The summed E-state index contributed by atoms with van der Waals surface area (Å²) < 4.78 is 0. The molecule has 1 unspecified atom stereocenters. The predicted molar refractivity (Wildman–Crippen MR) is 74.5 cm³/mol. The van der Waals surface area contributed by atoms with Gasteiger partial charge in [-0.2, -0.15) is 0 Å². The summed E-state index contributed by atoms with van der Waals surface area (Å²) in [6, 6.07) is 9.97. The zero-order valence-corrected chi connectivity index (χ0v) is 11.2. The van der Waals surface area contributed by atoms with Crippen molar-refractivity contribution in [2.45, 2.75) is 57.9 Å². The minimum atomic E-state index is 0.645. The molecule has 0 spiro atoms. The fraction of sp³-hybridized carbons (Fsp3) is 0.625. The molecule has 1 fully saturated rings. The van der Waals surface area contributed by atoms with Gasteiger partial charge < -0.3 is 5.32 Å². The Balaban J connectivity index is 1.74. The molecule has 1 saturated heterocycles. The quantitative estimate of drug-likeness (QED) is 0.811. The molecule has 1 aromatic carbocycles. The first kappa shape index (κ1) is 12.6. The van der Waals surface area contributed by atoms with E-state index >= 15 is 0 Å². The van der Waals surface area contributed by atoms with Crippen molar-refractivity contribution < 1.29 is 0 Å². The van der Waals surface area contributed by atoms with Gasteiger partial charge in [0.2, 0.25) is 0 Å². The Kier molecular flexibility index (Phi) is 4.61. The third-order valence-corrected chi connectivity index (χ3v) is 3.83. The van der Waals surface area contributed by atoms with Gasteiger partial charge in [0.1, 0.15) is 0 Å². The van der Waals surface area contributed by atoms with Gasteiger partial charge in [0.25, 0.3) is 0 Å². The molecule has 1 heterocycles. The van der Waals surface area contributed by atoms with Crippen LogP contribution in [0.2, 0.25) is 0 Å². The van der Waals surface area contributed by atoms with Crippen LogP contribution in [0.5, 0.6) is 0 Å². The molecular formula is C16H25N. The van der Waals surface area contributed by atoms with E-state index < -0.39 is 0 Å². The maximum Gasteiger partial charge on any atom is 0.00676 e. The van der Waals surface area contributed by atoms with Crippen LogP contribution in [0.3, 0.4) is 0 Å². The molecule has 1 aromatic rings. The minimum Gasteiger partial charge on any atom is -0.314 e. The highest BCUT2D eigenvalue weighted by Crippen LogP contribution is 2.17. The van der Waals surface area contributed by atoms with Gasteiger partial charge in [-0.3, -0.25) is 0 Å². The Morgan fingerprint density at radius 3 is 2.59 bits per heavy atom. The van der Waals surface area contributed by atoms with Gasteiger partial charge in [0, 0.05) is 6.04 Å². The third-order valence-electron chi connectivity index (χ3n) is 3.83. The van der Waals surface area contributed by atoms with Crippen LogP contribution in [-0.2, 0) is 6.42 Å². The maximum absolute atomic E-state index is 3.57. The lowest BCUT2D eigenvalue weighted by Gasteiger charge is -2.10. The SMILES string of the molecule is CC(C)c1ccc(CCCC2CCCN2)cc1. The van der Waals surface area contributed by atoms with Crippen LogP contribution in [0.4, 0.5) is 0 Å². The molecule has 0 amide bonds. The summed E-state index contributed by atoms with van der Waals surface area (Å²) in [5.74, 6) is 0.645. The Labute approximate surface area is 106 Å². The third kappa shape index (κ3) is 3.85. The fourth-order valence-corrected chi connectivity index (χ4v) is 2.62. The van der Waals surface area contributed by atoms with Gasteiger partial charge in [-0.05, 0) is 55.7 Å². The maximum atomic E-state index is 3.57. The fourth-order valence-electron chi connectivity index (χ4n) is 2.62. The Morgan fingerprint density at radius 2 is 2.00 bits per heavy atom. The zero-order chi connectivity index (χ0) is 12.1. The summed E-state index contributed by atoms with van der Waals surface area (Å²) in [6.45, 7) is 5.73. The number of rotatable bonds is 5. The largest absolute Gasteiger partial charge is 0.314 e. The van der Waals surface area contributed by atoms with Crippen LogP contribution in [0.15, 0.2) is 24.3 Å². The smallest absolute Gasteiger partial charge is 0.00676 e. The number of aryl methyl sites for hydroxylation is 1. The molecular weight excluding hydrogens is 206 g/mol. The standard InChI is InChI=1S/C16H25N/c1-13(2)15-10-8-14(9-11-15)5-3-6-16-7-4-12-17-16/h8-11,13,16-17H,3-7,12H2,1-2H3. The second kappa shape index (κ2) is 6.20. The molecule has 0 saturated carbocycles. The molecule has 17 heavy (non-hydrogen) atoms. The van der Waals surface area contributed by atoms with Crippen molar-refractivity contribution in [2.24, 2.45) is 0 Å². The summed E-state index contributed by atoms with van der Waals surface area (Å²) in [7, 11) is 0.